The van der Waals surface area contributed by atoms with Crippen molar-refractivity contribution >= 4 is 28.8 Å². The summed E-state index contributed by atoms with van der Waals surface area (Å²) in [5.41, 5.74) is 1.01. The fourth-order valence-electron chi connectivity index (χ4n) is 1.10. The molecule has 0 saturated heterocycles. The Bertz CT molecular complexity index is 322. The van der Waals surface area contributed by atoms with E-state index in [4.69, 9.17) is 23.8 Å². The van der Waals surface area contributed by atoms with E-state index >= 15 is 0 Å². The summed E-state index contributed by atoms with van der Waals surface area (Å²) in [6.45, 7) is 1.82. The van der Waals surface area contributed by atoms with Crippen LogP contribution >= 0.6 is 23.8 Å². The van der Waals surface area contributed by atoms with Gasteiger partial charge in [-0.25, -0.2) is 0 Å². The van der Waals surface area contributed by atoms with Crippen LogP contribution in [0.3, 0.4) is 0 Å². The van der Waals surface area contributed by atoms with Gasteiger partial charge in [-0.3, -0.25) is 0 Å². The Hall–Kier alpha value is -0.640. The van der Waals surface area contributed by atoms with Crippen LogP contribution < -0.4 is 5.32 Å². The van der Waals surface area contributed by atoms with Crippen LogP contribution in [0.15, 0.2) is 24.3 Å². The first kappa shape index (κ1) is 12.4. The Balaban J connectivity index is 2.43. The molecular weight excluding hydrogens is 228 g/mol. The third-order valence-electron chi connectivity index (χ3n) is 1.95. The van der Waals surface area contributed by atoms with Gasteiger partial charge in [0, 0.05) is 23.7 Å². The minimum atomic E-state index is 0.731. The molecule has 0 radical (unpaired) electrons. The number of hydrogen-bond donors (Lipinski definition) is 1. The number of hydrogen-bond acceptors (Lipinski definition) is 2. The largest absolute Gasteiger partial charge is 0.375 e. The summed E-state index contributed by atoms with van der Waals surface area (Å²) in [6.07, 6.45) is 0. The van der Waals surface area contributed by atoms with E-state index in [9.17, 15) is 0 Å². The smallest absolute Gasteiger partial charge is 0.106 e. The molecule has 1 aromatic rings. The average Bonchev–Trinajstić information content (AvgIpc) is 2.18. The molecule has 0 atom stereocenters. The molecular formula is C11H15ClN2S. The van der Waals surface area contributed by atoms with Crippen molar-refractivity contribution in [2.45, 2.75) is 0 Å². The molecule has 4 heteroatoms. The molecule has 0 amide bonds. The Morgan fingerprint density at radius 2 is 1.93 bits per heavy atom. The van der Waals surface area contributed by atoms with E-state index in [1.54, 1.807) is 0 Å². The Kier molecular flexibility index (Phi) is 5.02. The first-order valence-corrected chi connectivity index (χ1v) is 5.56. The van der Waals surface area contributed by atoms with E-state index in [1.165, 1.54) is 0 Å². The lowest BCUT2D eigenvalue weighted by Crippen LogP contribution is -2.30. The van der Waals surface area contributed by atoms with Crippen LogP contribution in [0.1, 0.15) is 5.56 Å². The highest BCUT2D eigenvalue weighted by Gasteiger charge is 1.99. The van der Waals surface area contributed by atoms with Crippen LogP contribution in [0.2, 0.25) is 5.02 Å². The summed E-state index contributed by atoms with van der Waals surface area (Å²) in [4.78, 5) is 2.88. The quantitative estimate of drug-likeness (QED) is 0.815. The van der Waals surface area contributed by atoms with Gasteiger partial charge in [-0.05, 0) is 26.2 Å². The molecule has 2 nitrogen and oxygen atoms in total. The Labute approximate surface area is 101 Å². The number of benzene rings is 1. The van der Waals surface area contributed by atoms with Crippen molar-refractivity contribution in [1.82, 2.24) is 10.2 Å². The molecule has 0 fully saturated rings. The summed E-state index contributed by atoms with van der Waals surface area (Å²) in [6, 6.07) is 7.54. The number of nitrogens with zero attached hydrogens (tertiary/aromatic N) is 1. The monoisotopic (exact) mass is 242 g/mol. The number of thiocarbonyl (C=S) groups is 1. The van der Waals surface area contributed by atoms with Gasteiger partial charge in [-0.1, -0.05) is 36.0 Å². The van der Waals surface area contributed by atoms with E-state index < -0.39 is 0 Å². The van der Waals surface area contributed by atoms with Gasteiger partial charge in [-0.2, -0.15) is 0 Å². The van der Waals surface area contributed by atoms with Crippen molar-refractivity contribution in [3.63, 3.8) is 0 Å². The molecule has 0 bridgehead atoms. The fraction of sp³-hybridized carbons (Fsp3) is 0.364. The Morgan fingerprint density at radius 1 is 1.33 bits per heavy atom. The van der Waals surface area contributed by atoms with E-state index in [0.29, 0.717) is 0 Å². The van der Waals surface area contributed by atoms with Crippen LogP contribution in [-0.4, -0.2) is 37.1 Å². The highest BCUT2D eigenvalue weighted by Crippen LogP contribution is 2.09. The van der Waals surface area contributed by atoms with Gasteiger partial charge in [-0.15, -0.1) is 0 Å². The first-order valence-electron chi connectivity index (χ1n) is 4.78. The summed E-state index contributed by atoms with van der Waals surface area (Å²) in [5.74, 6) is 0. The van der Waals surface area contributed by atoms with Crippen LogP contribution in [0, 0.1) is 0 Å². The van der Waals surface area contributed by atoms with Crippen LogP contribution in [0.5, 0.6) is 0 Å². The first-order chi connectivity index (χ1) is 7.09. The zero-order valence-corrected chi connectivity index (χ0v) is 10.5. The van der Waals surface area contributed by atoms with Crippen molar-refractivity contribution in [3.8, 4) is 0 Å². The topological polar surface area (TPSA) is 15.3 Å². The molecule has 1 aromatic carbocycles. The highest BCUT2D eigenvalue weighted by atomic mass is 35.5. The zero-order valence-electron chi connectivity index (χ0n) is 8.96. The molecule has 0 spiro atoms. The molecule has 0 aliphatic carbocycles. The summed E-state index contributed by atoms with van der Waals surface area (Å²) in [5, 5.41) is 3.93. The summed E-state index contributed by atoms with van der Waals surface area (Å²) in [7, 11) is 4.07. The van der Waals surface area contributed by atoms with Gasteiger partial charge >= 0.3 is 0 Å². The van der Waals surface area contributed by atoms with E-state index in [0.717, 1.165) is 28.7 Å². The van der Waals surface area contributed by atoms with Crippen molar-refractivity contribution < 1.29 is 0 Å². The van der Waals surface area contributed by atoms with Gasteiger partial charge < -0.3 is 10.2 Å². The maximum atomic E-state index is 5.79. The average molecular weight is 243 g/mol. The fourth-order valence-corrected chi connectivity index (χ4v) is 1.46. The van der Waals surface area contributed by atoms with Crippen molar-refractivity contribution in [1.29, 1.82) is 0 Å². The lowest BCUT2D eigenvalue weighted by Gasteiger charge is -2.12. The number of halogens is 1. The summed E-state index contributed by atoms with van der Waals surface area (Å²) >= 11 is 11.0. The van der Waals surface area contributed by atoms with Gasteiger partial charge in [0.1, 0.15) is 4.99 Å². The highest BCUT2D eigenvalue weighted by molar-refractivity contribution is 7.80. The molecule has 1 rings (SSSR count). The normalized spacial score (nSPS) is 10.4. The molecule has 0 aromatic heterocycles. The van der Waals surface area contributed by atoms with E-state index in [2.05, 4.69) is 10.2 Å². The molecule has 0 saturated carbocycles. The standard InChI is InChI=1S/C11H15ClN2S/c1-14(2)8-7-13-11(15)9-3-5-10(12)6-4-9/h3-6H,7-8H2,1-2H3,(H,13,15). The van der Waals surface area contributed by atoms with Gasteiger partial charge in [0.05, 0.1) is 0 Å². The molecule has 0 heterocycles. The molecule has 15 heavy (non-hydrogen) atoms. The third kappa shape index (κ3) is 4.60. The van der Waals surface area contributed by atoms with Crippen molar-refractivity contribution in [3.05, 3.63) is 34.9 Å². The van der Waals surface area contributed by atoms with Gasteiger partial charge in [0.2, 0.25) is 0 Å². The molecule has 82 valence electrons. The second kappa shape index (κ2) is 6.05. The maximum Gasteiger partial charge on any atom is 0.106 e. The molecule has 1 N–H and O–H groups in total. The predicted octanol–water partition coefficient (Wildman–Crippen LogP) is 2.17. The second-order valence-electron chi connectivity index (χ2n) is 3.57. The maximum absolute atomic E-state index is 5.79. The second-order valence-corrected chi connectivity index (χ2v) is 4.41. The number of likely N-dealkylation sites (N-methyl/N-ethyl adjacent to an activating group) is 1. The lowest BCUT2D eigenvalue weighted by atomic mass is 10.2. The van der Waals surface area contributed by atoms with Gasteiger partial charge in [0.25, 0.3) is 0 Å². The van der Waals surface area contributed by atoms with Gasteiger partial charge in [0.15, 0.2) is 0 Å². The SMILES string of the molecule is CN(C)CCNC(=S)c1ccc(Cl)cc1. The third-order valence-corrected chi connectivity index (χ3v) is 2.58. The van der Waals surface area contributed by atoms with Crippen LogP contribution in [-0.2, 0) is 0 Å². The Morgan fingerprint density at radius 3 is 2.47 bits per heavy atom. The predicted molar refractivity (Wildman–Crippen MR) is 69.7 cm³/mol. The van der Waals surface area contributed by atoms with Crippen LogP contribution in [0.25, 0.3) is 0 Å². The number of nitrogens with one attached hydrogen (secondary N) is 1. The van der Waals surface area contributed by atoms with E-state index in [1.807, 2.05) is 38.4 Å². The lowest BCUT2D eigenvalue weighted by molar-refractivity contribution is 0.413. The van der Waals surface area contributed by atoms with Crippen molar-refractivity contribution in [2.75, 3.05) is 27.2 Å². The molecule has 0 aliphatic rings. The minimum absolute atomic E-state index is 0.731. The summed E-state index contributed by atoms with van der Waals surface area (Å²) < 4.78 is 0. The number of rotatable bonds is 4. The zero-order chi connectivity index (χ0) is 11.3. The molecule has 0 aliphatic heterocycles. The minimum Gasteiger partial charge on any atom is -0.375 e. The van der Waals surface area contributed by atoms with E-state index in [-0.39, 0.29) is 0 Å². The van der Waals surface area contributed by atoms with Crippen LogP contribution in [0.4, 0.5) is 0 Å². The molecule has 0 unspecified atom stereocenters. The van der Waals surface area contributed by atoms with Crippen molar-refractivity contribution in [2.24, 2.45) is 0 Å².